The number of ether oxygens (including phenoxy) is 1. The predicted octanol–water partition coefficient (Wildman–Crippen LogP) is 3.46. The average molecular weight is 247 g/mol. The zero-order valence-electron chi connectivity index (χ0n) is 11.8. The lowest BCUT2D eigenvalue weighted by atomic mass is 9.82. The van der Waals surface area contributed by atoms with E-state index in [0.29, 0.717) is 11.5 Å². The molecule has 1 fully saturated rings. The number of hydrogen-bond acceptors (Lipinski definition) is 2. The topological polar surface area (TPSA) is 21.3 Å². The maximum Gasteiger partial charge on any atom is 0.0471 e. The lowest BCUT2D eigenvalue weighted by molar-refractivity contribution is 0.0231. The SMILES string of the molecule is Cc1cccc(C(C)NCC2(C)CCOCC2)c1. The molecule has 0 saturated carbocycles. The summed E-state index contributed by atoms with van der Waals surface area (Å²) in [6, 6.07) is 9.18. The summed E-state index contributed by atoms with van der Waals surface area (Å²) in [6.07, 6.45) is 2.33. The van der Waals surface area contributed by atoms with Crippen LogP contribution in [-0.4, -0.2) is 19.8 Å². The van der Waals surface area contributed by atoms with Crippen LogP contribution in [0, 0.1) is 12.3 Å². The minimum Gasteiger partial charge on any atom is -0.381 e. The maximum atomic E-state index is 5.44. The molecule has 2 nitrogen and oxygen atoms in total. The van der Waals surface area contributed by atoms with Crippen LogP contribution >= 0.6 is 0 Å². The molecule has 1 unspecified atom stereocenters. The second-order valence-corrected chi connectivity index (χ2v) is 5.94. The van der Waals surface area contributed by atoms with Crippen LogP contribution in [0.4, 0.5) is 0 Å². The van der Waals surface area contributed by atoms with E-state index in [1.807, 2.05) is 0 Å². The molecule has 1 aromatic rings. The van der Waals surface area contributed by atoms with Crippen LogP contribution in [0.5, 0.6) is 0 Å². The third kappa shape index (κ3) is 3.56. The van der Waals surface area contributed by atoms with Crippen molar-refractivity contribution in [2.75, 3.05) is 19.8 Å². The molecule has 1 N–H and O–H groups in total. The third-order valence-electron chi connectivity index (χ3n) is 4.08. The summed E-state index contributed by atoms with van der Waals surface area (Å²) in [4.78, 5) is 0. The molecule has 0 amide bonds. The Bertz CT molecular complexity index is 382. The van der Waals surface area contributed by atoms with Crippen LogP contribution in [0.1, 0.15) is 43.9 Å². The molecule has 2 heteroatoms. The molecule has 1 aliphatic heterocycles. The van der Waals surface area contributed by atoms with E-state index >= 15 is 0 Å². The van der Waals surface area contributed by atoms with E-state index in [1.165, 1.54) is 24.0 Å². The summed E-state index contributed by atoms with van der Waals surface area (Å²) in [5.41, 5.74) is 3.11. The Hall–Kier alpha value is -0.860. The molecule has 1 saturated heterocycles. The molecular weight excluding hydrogens is 222 g/mol. The first-order valence-electron chi connectivity index (χ1n) is 6.97. The Morgan fingerprint density at radius 1 is 1.33 bits per heavy atom. The molecule has 1 aromatic carbocycles. The van der Waals surface area contributed by atoms with Crippen molar-refractivity contribution >= 4 is 0 Å². The van der Waals surface area contributed by atoms with Gasteiger partial charge < -0.3 is 10.1 Å². The van der Waals surface area contributed by atoms with E-state index in [2.05, 4.69) is 50.4 Å². The van der Waals surface area contributed by atoms with Crippen molar-refractivity contribution in [3.05, 3.63) is 35.4 Å². The fraction of sp³-hybridized carbons (Fsp3) is 0.625. The van der Waals surface area contributed by atoms with Gasteiger partial charge >= 0.3 is 0 Å². The van der Waals surface area contributed by atoms with Crippen molar-refractivity contribution < 1.29 is 4.74 Å². The van der Waals surface area contributed by atoms with Crippen LogP contribution < -0.4 is 5.32 Å². The van der Waals surface area contributed by atoms with Gasteiger partial charge in [0.05, 0.1) is 0 Å². The van der Waals surface area contributed by atoms with Crippen LogP contribution in [0.15, 0.2) is 24.3 Å². The van der Waals surface area contributed by atoms with E-state index in [4.69, 9.17) is 4.74 Å². The van der Waals surface area contributed by atoms with Gasteiger partial charge in [-0.2, -0.15) is 0 Å². The molecule has 1 aliphatic rings. The van der Waals surface area contributed by atoms with Gasteiger partial charge in [-0.3, -0.25) is 0 Å². The lowest BCUT2D eigenvalue weighted by Gasteiger charge is -2.34. The number of nitrogens with one attached hydrogen (secondary N) is 1. The maximum absolute atomic E-state index is 5.44. The molecule has 1 heterocycles. The Morgan fingerprint density at radius 2 is 2.06 bits per heavy atom. The highest BCUT2D eigenvalue weighted by Gasteiger charge is 2.27. The van der Waals surface area contributed by atoms with Crippen LogP contribution in [0.25, 0.3) is 0 Å². The second-order valence-electron chi connectivity index (χ2n) is 5.94. The van der Waals surface area contributed by atoms with Gasteiger partial charge in [0.2, 0.25) is 0 Å². The van der Waals surface area contributed by atoms with E-state index in [0.717, 1.165) is 19.8 Å². The van der Waals surface area contributed by atoms with Gasteiger partial charge in [0.25, 0.3) is 0 Å². The first-order chi connectivity index (χ1) is 8.59. The summed E-state index contributed by atoms with van der Waals surface area (Å²) in [6.45, 7) is 9.67. The van der Waals surface area contributed by atoms with Crippen molar-refractivity contribution in [2.45, 2.75) is 39.7 Å². The van der Waals surface area contributed by atoms with Gasteiger partial charge in [0.15, 0.2) is 0 Å². The second kappa shape index (κ2) is 5.85. The van der Waals surface area contributed by atoms with Crippen molar-refractivity contribution in [3.8, 4) is 0 Å². The average Bonchev–Trinajstić information content (AvgIpc) is 2.37. The Labute approximate surface area is 111 Å². The number of benzene rings is 1. The highest BCUT2D eigenvalue weighted by Crippen LogP contribution is 2.29. The summed E-state index contributed by atoms with van der Waals surface area (Å²) < 4.78 is 5.44. The fourth-order valence-electron chi connectivity index (χ4n) is 2.50. The van der Waals surface area contributed by atoms with Crippen molar-refractivity contribution in [3.63, 3.8) is 0 Å². The molecule has 18 heavy (non-hydrogen) atoms. The first-order valence-corrected chi connectivity index (χ1v) is 6.97. The van der Waals surface area contributed by atoms with Crippen molar-refractivity contribution in [1.29, 1.82) is 0 Å². The molecule has 1 atom stereocenters. The zero-order chi connectivity index (χ0) is 13.0. The smallest absolute Gasteiger partial charge is 0.0471 e. The summed E-state index contributed by atoms with van der Waals surface area (Å²) in [5.74, 6) is 0. The third-order valence-corrected chi connectivity index (χ3v) is 4.08. The molecule has 100 valence electrons. The largest absolute Gasteiger partial charge is 0.381 e. The highest BCUT2D eigenvalue weighted by molar-refractivity contribution is 5.24. The molecule has 0 aromatic heterocycles. The van der Waals surface area contributed by atoms with Gasteiger partial charge in [-0.15, -0.1) is 0 Å². The van der Waals surface area contributed by atoms with E-state index in [-0.39, 0.29) is 0 Å². The van der Waals surface area contributed by atoms with E-state index in [9.17, 15) is 0 Å². The molecule has 0 aliphatic carbocycles. The van der Waals surface area contributed by atoms with Crippen molar-refractivity contribution in [2.24, 2.45) is 5.41 Å². The minimum atomic E-state index is 0.399. The summed E-state index contributed by atoms with van der Waals surface area (Å²) in [5, 5.41) is 3.68. The molecule has 0 spiro atoms. The predicted molar refractivity (Wildman–Crippen MR) is 75.8 cm³/mol. The van der Waals surface area contributed by atoms with Crippen LogP contribution in [-0.2, 0) is 4.74 Å². The van der Waals surface area contributed by atoms with Gasteiger partial charge in [-0.05, 0) is 37.7 Å². The summed E-state index contributed by atoms with van der Waals surface area (Å²) in [7, 11) is 0. The summed E-state index contributed by atoms with van der Waals surface area (Å²) >= 11 is 0. The van der Waals surface area contributed by atoms with Gasteiger partial charge in [0.1, 0.15) is 0 Å². The zero-order valence-corrected chi connectivity index (χ0v) is 11.8. The Balaban J connectivity index is 1.89. The number of aryl methyl sites for hydroxylation is 1. The Kier molecular flexibility index (Phi) is 4.41. The fourth-order valence-corrected chi connectivity index (χ4v) is 2.50. The number of rotatable bonds is 4. The quantitative estimate of drug-likeness (QED) is 0.879. The molecule has 0 radical (unpaired) electrons. The monoisotopic (exact) mass is 247 g/mol. The van der Waals surface area contributed by atoms with E-state index < -0.39 is 0 Å². The van der Waals surface area contributed by atoms with Gasteiger partial charge in [-0.25, -0.2) is 0 Å². The minimum absolute atomic E-state index is 0.399. The van der Waals surface area contributed by atoms with E-state index in [1.54, 1.807) is 0 Å². The Morgan fingerprint density at radius 3 is 2.72 bits per heavy atom. The molecular formula is C16H25NO. The van der Waals surface area contributed by atoms with Crippen LogP contribution in [0.2, 0.25) is 0 Å². The first kappa shape index (κ1) is 13.6. The van der Waals surface area contributed by atoms with Gasteiger partial charge in [0, 0.05) is 25.8 Å². The lowest BCUT2D eigenvalue weighted by Crippen LogP contribution is -2.37. The van der Waals surface area contributed by atoms with Crippen LogP contribution in [0.3, 0.4) is 0 Å². The standard InChI is InChI=1S/C16H25NO/c1-13-5-4-6-15(11-13)14(2)17-12-16(3)7-9-18-10-8-16/h4-6,11,14,17H,7-10,12H2,1-3H3. The van der Waals surface area contributed by atoms with Crippen molar-refractivity contribution in [1.82, 2.24) is 5.32 Å². The molecule has 2 rings (SSSR count). The molecule has 0 bridgehead atoms. The highest BCUT2D eigenvalue weighted by atomic mass is 16.5. The number of hydrogen-bond donors (Lipinski definition) is 1. The van der Waals surface area contributed by atoms with Gasteiger partial charge in [-0.1, -0.05) is 36.8 Å². The normalized spacial score (nSPS) is 20.6.